The number of anilines is 1. The number of alkyl halides is 3. The van der Waals surface area contributed by atoms with Gasteiger partial charge in [-0.15, -0.1) is 0 Å². The maximum absolute atomic E-state index is 14.7. The van der Waals surface area contributed by atoms with Gasteiger partial charge in [0.2, 0.25) is 5.91 Å². The Morgan fingerprint density at radius 3 is 2.36 bits per heavy atom. The quantitative estimate of drug-likeness (QED) is 0.301. The molecule has 0 aliphatic heterocycles. The third kappa shape index (κ3) is 4.81. The van der Waals surface area contributed by atoms with Crippen molar-refractivity contribution >= 4 is 28.9 Å². The van der Waals surface area contributed by atoms with Crippen LogP contribution in [0.25, 0.3) is 22.5 Å². The van der Waals surface area contributed by atoms with E-state index in [4.69, 9.17) is 0 Å². The molecule has 6 nitrogen and oxygen atoms in total. The van der Waals surface area contributed by atoms with Crippen LogP contribution in [-0.2, 0) is 9.59 Å². The first-order valence-electron chi connectivity index (χ1n) is 10.4. The minimum Gasteiger partial charge on any atom is -0.356 e. The number of halogens is 5. The number of fused-ring (bicyclic) bond motifs is 1. The van der Waals surface area contributed by atoms with E-state index in [1.165, 1.54) is 41.9 Å². The van der Waals surface area contributed by atoms with Crippen molar-refractivity contribution < 1.29 is 31.5 Å². The van der Waals surface area contributed by atoms with Gasteiger partial charge >= 0.3 is 12.1 Å². The number of aromatic nitrogens is 2. The molecule has 0 aliphatic rings. The van der Waals surface area contributed by atoms with E-state index < -0.39 is 29.6 Å². The third-order valence-electron chi connectivity index (χ3n) is 5.23. The number of imidazole rings is 1. The van der Waals surface area contributed by atoms with E-state index >= 15 is 0 Å². The molecular formula is C25H17F5N4O2. The van der Waals surface area contributed by atoms with Crippen LogP contribution < -0.4 is 10.6 Å². The van der Waals surface area contributed by atoms with E-state index in [-0.39, 0.29) is 33.9 Å². The smallest absolute Gasteiger partial charge is 0.356 e. The standard InChI is InChI=1S/C25H17F5N4O2/c1-31-20(35)12-17(16-8-5-9-18(26)21(16)27)15-10-11-19-32-23(33-24(36)25(28,29)30)22(34(19)13-15)14-6-3-2-4-7-14/h2-13H,1H3,(H,31,35)(H,33,36)/b17-12+. The lowest BCUT2D eigenvalue weighted by Gasteiger charge is -2.12. The summed E-state index contributed by atoms with van der Waals surface area (Å²) in [5, 5.41) is 4.17. The maximum Gasteiger partial charge on any atom is 0.471 e. The van der Waals surface area contributed by atoms with E-state index in [0.29, 0.717) is 5.56 Å². The van der Waals surface area contributed by atoms with Gasteiger partial charge in [0, 0.05) is 30.4 Å². The molecule has 2 aromatic heterocycles. The molecule has 2 N–H and O–H groups in total. The molecule has 11 heteroatoms. The number of likely N-dealkylation sites (N-methyl/N-ethyl adjacent to an activating group) is 1. The fourth-order valence-corrected chi connectivity index (χ4v) is 3.57. The Labute approximate surface area is 201 Å². The molecule has 0 spiro atoms. The molecule has 36 heavy (non-hydrogen) atoms. The summed E-state index contributed by atoms with van der Waals surface area (Å²) in [6.07, 6.45) is -2.66. The van der Waals surface area contributed by atoms with Crippen LogP contribution in [0, 0.1) is 11.6 Å². The second-order valence-electron chi connectivity index (χ2n) is 7.55. The predicted octanol–water partition coefficient (Wildman–Crippen LogP) is 4.96. The summed E-state index contributed by atoms with van der Waals surface area (Å²) in [5.41, 5.74) is 0.747. The molecule has 0 fully saturated rings. The number of amides is 2. The highest BCUT2D eigenvalue weighted by molar-refractivity contribution is 6.00. The van der Waals surface area contributed by atoms with Gasteiger partial charge < -0.3 is 10.6 Å². The molecule has 2 amide bonds. The van der Waals surface area contributed by atoms with Crippen molar-refractivity contribution in [1.82, 2.24) is 14.7 Å². The molecule has 2 heterocycles. The van der Waals surface area contributed by atoms with Crippen LogP contribution in [0.15, 0.2) is 72.9 Å². The van der Waals surface area contributed by atoms with Crippen LogP contribution in [0.3, 0.4) is 0 Å². The van der Waals surface area contributed by atoms with Crippen LogP contribution in [0.1, 0.15) is 11.1 Å². The number of hydrogen-bond acceptors (Lipinski definition) is 3. The zero-order valence-electron chi connectivity index (χ0n) is 18.5. The fraction of sp³-hybridized carbons (Fsp3) is 0.0800. The van der Waals surface area contributed by atoms with E-state index in [9.17, 15) is 31.5 Å². The Morgan fingerprint density at radius 2 is 1.69 bits per heavy atom. The SMILES string of the molecule is CNC(=O)/C=C(\c1ccc2nc(NC(=O)C(F)(F)F)c(-c3ccccc3)n2c1)c1cccc(F)c1F. The third-order valence-corrected chi connectivity index (χ3v) is 5.23. The number of nitrogens with zero attached hydrogens (tertiary/aromatic N) is 2. The summed E-state index contributed by atoms with van der Waals surface area (Å²) < 4.78 is 68.9. The normalized spacial score (nSPS) is 12.0. The summed E-state index contributed by atoms with van der Waals surface area (Å²) in [6.45, 7) is 0. The van der Waals surface area contributed by atoms with Crippen LogP contribution >= 0.6 is 0 Å². The van der Waals surface area contributed by atoms with Crippen molar-refractivity contribution in [3.05, 3.63) is 95.7 Å². The molecule has 0 unspecified atom stereocenters. The molecular weight excluding hydrogens is 483 g/mol. The average Bonchev–Trinajstić information content (AvgIpc) is 3.21. The molecule has 0 bridgehead atoms. The maximum atomic E-state index is 14.7. The van der Waals surface area contributed by atoms with E-state index in [1.54, 1.807) is 35.6 Å². The van der Waals surface area contributed by atoms with Crippen LogP contribution in [0.4, 0.5) is 27.8 Å². The van der Waals surface area contributed by atoms with Crippen molar-refractivity contribution in [2.24, 2.45) is 0 Å². The van der Waals surface area contributed by atoms with Crippen molar-refractivity contribution in [2.75, 3.05) is 12.4 Å². The lowest BCUT2D eigenvalue weighted by Crippen LogP contribution is -2.30. The molecule has 0 radical (unpaired) electrons. The van der Waals surface area contributed by atoms with Crippen LogP contribution in [0.2, 0.25) is 0 Å². The topological polar surface area (TPSA) is 75.5 Å². The first-order valence-corrected chi connectivity index (χ1v) is 10.4. The number of benzene rings is 2. The monoisotopic (exact) mass is 500 g/mol. The van der Waals surface area contributed by atoms with Crippen molar-refractivity contribution in [1.29, 1.82) is 0 Å². The Balaban J connectivity index is 1.96. The number of hydrogen-bond donors (Lipinski definition) is 2. The highest BCUT2D eigenvalue weighted by atomic mass is 19.4. The second kappa shape index (κ2) is 9.61. The predicted molar refractivity (Wildman–Crippen MR) is 123 cm³/mol. The molecule has 0 aliphatic carbocycles. The molecule has 4 aromatic rings. The van der Waals surface area contributed by atoms with Gasteiger partial charge in [0.15, 0.2) is 17.5 Å². The first-order chi connectivity index (χ1) is 17.1. The van der Waals surface area contributed by atoms with Crippen LogP contribution in [-0.4, -0.2) is 34.4 Å². The Bertz CT molecular complexity index is 1490. The van der Waals surface area contributed by atoms with Gasteiger partial charge in [-0.1, -0.05) is 42.5 Å². The zero-order valence-corrected chi connectivity index (χ0v) is 18.5. The Kier molecular flexibility index (Phi) is 6.56. The number of carbonyl (C=O) groups is 2. The van der Waals surface area contributed by atoms with Gasteiger partial charge in [-0.25, -0.2) is 13.8 Å². The Hall–Kier alpha value is -4.54. The molecule has 2 aromatic carbocycles. The summed E-state index contributed by atoms with van der Waals surface area (Å²) >= 11 is 0. The number of carbonyl (C=O) groups excluding carboxylic acids is 2. The van der Waals surface area contributed by atoms with Crippen molar-refractivity contribution in [2.45, 2.75) is 6.18 Å². The van der Waals surface area contributed by atoms with E-state index in [0.717, 1.165) is 12.1 Å². The van der Waals surface area contributed by atoms with E-state index in [1.807, 2.05) is 0 Å². The second-order valence-corrected chi connectivity index (χ2v) is 7.55. The number of rotatable bonds is 5. The average molecular weight is 500 g/mol. The van der Waals surface area contributed by atoms with Crippen molar-refractivity contribution in [3.63, 3.8) is 0 Å². The number of pyridine rings is 1. The first kappa shape index (κ1) is 24.6. The van der Waals surface area contributed by atoms with Crippen molar-refractivity contribution in [3.8, 4) is 11.3 Å². The van der Waals surface area contributed by atoms with Gasteiger partial charge in [0.25, 0.3) is 0 Å². The molecule has 0 saturated carbocycles. The Morgan fingerprint density at radius 1 is 0.972 bits per heavy atom. The summed E-state index contributed by atoms with van der Waals surface area (Å²) in [4.78, 5) is 27.9. The van der Waals surface area contributed by atoms with Gasteiger partial charge in [0.05, 0.1) is 5.69 Å². The molecule has 4 rings (SSSR count). The highest BCUT2D eigenvalue weighted by Crippen LogP contribution is 2.33. The summed E-state index contributed by atoms with van der Waals surface area (Å²) in [6, 6.07) is 14.6. The van der Waals surface area contributed by atoms with Gasteiger partial charge in [0.1, 0.15) is 5.65 Å². The summed E-state index contributed by atoms with van der Waals surface area (Å²) in [5.74, 6) is -5.46. The zero-order chi connectivity index (χ0) is 26.0. The number of nitrogens with one attached hydrogen (secondary N) is 2. The summed E-state index contributed by atoms with van der Waals surface area (Å²) in [7, 11) is 1.36. The molecule has 0 saturated heterocycles. The van der Waals surface area contributed by atoms with Crippen LogP contribution in [0.5, 0.6) is 0 Å². The van der Waals surface area contributed by atoms with E-state index in [2.05, 4.69) is 10.3 Å². The highest BCUT2D eigenvalue weighted by Gasteiger charge is 2.39. The lowest BCUT2D eigenvalue weighted by molar-refractivity contribution is -0.167. The lowest BCUT2D eigenvalue weighted by atomic mass is 9.97. The fourth-order valence-electron chi connectivity index (χ4n) is 3.57. The minimum atomic E-state index is -5.15. The van der Waals surface area contributed by atoms with Gasteiger partial charge in [-0.05, 0) is 29.3 Å². The van der Waals surface area contributed by atoms with Gasteiger partial charge in [-0.2, -0.15) is 13.2 Å². The molecule has 0 atom stereocenters. The largest absolute Gasteiger partial charge is 0.471 e. The van der Waals surface area contributed by atoms with Gasteiger partial charge in [-0.3, -0.25) is 14.0 Å². The minimum absolute atomic E-state index is 0.0156. The molecule has 184 valence electrons.